The summed E-state index contributed by atoms with van der Waals surface area (Å²) in [5, 5.41) is 3.58. The molecule has 0 saturated carbocycles. The van der Waals surface area contributed by atoms with Crippen molar-refractivity contribution in [1.29, 1.82) is 0 Å². The summed E-state index contributed by atoms with van der Waals surface area (Å²) in [5.74, 6) is 4.05. The van der Waals surface area contributed by atoms with Crippen LogP contribution in [0.4, 0.5) is 5.82 Å². The zero-order valence-electron chi connectivity index (χ0n) is 14.1. The van der Waals surface area contributed by atoms with Gasteiger partial charge in [0.2, 0.25) is 0 Å². The van der Waals surface area contributed by atoms with E-state index in [0.717, 1.165) is 25.5 Å². The lowest BCUT2D eigenvalue weighted by molar-refractivity contribution is 0.424. The van der Waals surface area contributed by atoms with Crippen LogP contribution in [0, 0.1) is 0 Å². The first-order chi connectivity index (χ1) is 9.85. The molecule has 0 amide bonds. The van der Waals surface area contributed by atoms with Gasteiger partial charge in [-0.15, -0.1) is 0 Å². The highest BCUT2D eigenvalue weighted by atomic mass is 32.2. The lowest BCUT2D eigenvalue weighted by atomic mass is 10.1. The lowest BCUT2D eigenvalue weighted by Crippen LogP contribution is -2.36. The summed E-state index contributed by atoms with van der Waals surface area (Å²) in [4.78, 5) is 7.32. The fourth-order valence-electron chi connectivity index (χ4n) is 2.31. The average molecular weight is 308 g/mol. The van der Waals surface area contributed by atoms with Crippen LogP contribution in [0.5, 0.6) is 0 Å². The van der Waals surface area contributed by atoms with Crippen molar-refractivity contribution in [3.63, 3.8) is 0 Å². The Kier molecular flexibility index (Phi) is 5.55. The topological polar surface area (TPSA) is 28.2 Å². The smallest absolute Gasteiger partial charge is 0.129 e. The van der Waals surface area contributed by atoms with Crippen molar-refractivity contribution in [2.45, 2.75) is 52.6 Å². The number of thioether (sulfide) groups is 1. The number of rotatable bonds is 4. The van der Waals surface area contributed by atoms with E-state index in [2.05, 4.69) is 57.0 Å². The Balaban J connectivity index is 2.21. The van der Waals surface area contributed by atoms with Crippen molar-refractivity contribution in [3.8, 4) is 0 Å². The Morgan fingerprint density at radius 2 is 1.90 bits per heavy atom. The van der Waals surface area contributed by atoms with E-state index in [9.17, 15) is 0 Å². The maximum absolute atomic E-state index is 4.89. The third kappa shape index (κ3) is 5.19. The highest BCUT2D eigenvalue weighted by Crippen LogP contribution is 2.23. The van der Waals surface area contributed by atoms with Gasteiger partial charge in [-0.3, -0.25) is 0 Å². The van der Waals surface area contributed by atoms with Crippen LogP contribution in [0.1, 0.15) is 51.8 Å². The summed E-state index contributed by atoms with van der Waals surface area (Å²) >= 11 is 2.04. The number of nitrogens with one attached hydrogen (secondary N) is 1. The summed E-state index contributed by atoms with van der Waals surface area (Å²) in [5.41, 5.74) is 2.69. The summed E-state index contributed by atoms with van der Waals surface area (Å²) in [7, 11) is 0. The molecule has 4 heteroatoms. The molecule has 1 aromatic rings. The second-order valence-corrected chi connectivity index (χ2v) is 8.34. The molecular weight excluding hydrogens is 278 g/mol. The van der Waals surface area contributed by atoms with Gasteiger partial charge in [0.15, 0.2) is 0 Å². The van der Waals surface area contributed by atoms with Crippen LogP contribution >= 0.6 is 11.8 Å². The Labute approximate surface area is 133 Å². The number of hydrogen-bond donors (Lipinski definition) is 1. The summed E-state index contributed by atoms with van der Waals surface area (Å²) in [6.07, 6.45) is 0. The van der Waals surface area contributed by atoms with Crippen molar-refractivity contribution in [2.24, 2.45) is 0 Å². The van der Waals surface area contributed by atoms with Gasteiger partial charge in [-0.1, -0.05) is 13.8 Å². The van der Waals surface area contributed by atoms with E-state index >= 15 is 0 Å². The average Bonchev–Trinajstić information content (AvgIpc) is 2.45. The van der Waals surface area contributed by atoms with Gasteiger partial charge in [0, 0.05) is 42.4 Å². The molecule has 21 heavy (non-hydrogen) atoms. The number of hydrogen-bond acceptors (Lipinski definition) is 4. The van der Waals surface area contributed by atoms with Crippen LogP contribution in [0.3, 0.4) is 0 Å². The molecule has 1 N–H and O–H groups in total. The third-order valence-electron chi connectivity index (χ3n) is 3.64. The molecule has 0 aromatic carbocycles. The Bertz CT molecular complexity index is 460. The first-order valence-electron chi connectivity index (χ1n) is 7.94. The third-order valence-corrected chi connectivity index (χ3v) is 4.58. The van der Waals surface area contributed by atoms with E-state index in [1.807, 2.05) is 11.8 Å². The molecule has 2 rings (SSSR count). The summed E-state index contributed by atoms with van der Waals surface area (Å²) in [6, 6.07) is 4.52. The van der Waals surface area contributed by atoms with Crippen molar-refractivity contribution in [1.82, 2.24) is 10.3 Å². The Morgan fingerprint density at radius 1 is 1.24 bits per heavy atom. The van der Waals surface area contributed by atoms with E-state index < -0.39 is 0 Å². The minimum absolute atomic E-state index is 0.142. The molecule has 1 fully saturated rings. The zero-order valence-corrected chi connectivity index (χ0v) is 14.9. The van der Waals surface area contributed by atoms with Crippen LogP contribution in [0.15, 0.2) is 12.1 Å². The first-order valence-corrected chi connectivity index (χ1v) is 9.09. The van der Waals surface area contributed by atoms with Crippen LogP contribution in [-0.2, 0) is 6.54 Å². The molecular formula is C17H29N3S. The molecule has 1 aromatic heterocycles. The van der Waals surface area contributed by atoms with Crippen LogP contribution in [0.2, 0.25) is 0 Å². The zero-order chi connectivity index (χ0) is 15.5. The second-order valence-electron chi connectivity index (χ2n) is 7.12. The fourth-order valence-corrected chi connectivity index (χ4v) is 3.22. The molecule has 0 atom stereocenters. The van der Waals surface area contributed by atoms with Gasteiger partial charge in [-0.25, -0.2) is 4.98 Å². The Hall–Kier alpha value is -0.740. The molecule has 0 radical (unpaired) electrons. The van der Waals surface area contributed by atoms with E-state index in [-0.39, 0.29) is 5.54 Å². The first kappa shape index (κ1) is 16.6. The SMILES string of the molecule is CC(C)c1cc(CNC(C)(C)C)cc(N2CCSCC2)n1. The van der Waals surface area contributed by atoms with Crippen LogP contribution in [0.25, 0.3) is 0 Å². The fraction of sp³-hybridized carbons (Fsp3) is 0.706. The molecule has 0 aliphatic carbocycles. The molecule has 0 spiro atoms. The van der Waals surface area contributed by atoms with Crippen LogP contribution < -0.4 is 10.2 Å². The van der Waals surface area contributed by atoms with Crippen molar-refractivity contribution >= 4 is 17.6 Å². The van der Waals surface area contributed by atoms with Gasteiger partial charge < -0.3 is 10.2 Å². The van der Waals surface area contributed by atoms with Gasteiger partial charge in [0.05, 0.1) is 0 Å². The molecule has 2 heterocycles. The van der Waals surface area contributed by atoms with Gasteiger partial charge >= 0.3 is 0 Å². The number of nitrogens with zero attached hydrogens (tertiary/aromatic N) is 2. The van der Waals surface area contributed by atoms with E-state index in [0.29, 0.717) is 5.92 Å². The minimum atomic E-state index is 0.142. The molecule has 0 bridgehead atoms. The molecule has 1 aliphatic rings. The standard InChI is InChI=1S/C17H29N3S/c1-13(2)15-10-14(12-18-17(3,4)5)11-16(19-15)20-6-8-21-9-7-20/h10-11,13,18H,6-9,12H2,1-5H3. The number of aromatic nitrogens is 1. The maximum atomic E-state index is 4.89. The number of anilines is 1. The largest absolute Gasteiger partial charge is 0.355 e. The quantitative estimate of drug-likeness (QED) is 0.919. The molecule has 118 valence electrons. The van der Waals surface area contributed by atoms with Gasteiger partial charge in [0.25, 0.3) is 0 Å². The van der Waals surface area contributed by atoms with Crippen molar-refractivity contribution in [2.75, 3.05) is 29.5 Å². The minimum Gasteiger partial charge on any atom is -0.355 e. The van der Waals surface area contributed by atoms with E-state index in [1.54, 1.807) is 0 Å². The molecule has 3 nitrogen and oxygen atoms in total. The predicted molar refractivity (Wildman–Crippen MR) is 94.5 cm³/mol. The van der Waals surface area contributed by atoms with Crippen molar-refractivity contribution < 1.29 is 0 Å². The van der Waals surface area contributed by atoms with Crippen LogP contribution in [-0.4, -0.2) is 35.1 Å². The normalized spacial score (nSPS) is 16.6. The van der Waals surface area contributed by atoms with Gasteiger partial charge in [-0.2, -0.15) is 11.8 Å². The number of pyridine rings is 1. The van der Waals surface area contributed by atoms with E-state index in [4.69, 9.17) is 4.98 Å². The molecule has 1 aliphatic heterocycles. The molecule has 1 saturated heterocycles. The molecule has 0 unspecified atom stereocenters. The lowest BCUT2D eigenvalue weighted by Gasteiger charge is -2.29. The maximum Gasteiger partial charge on any atom is 0.129 e. The predicted octanol–water partition coefficient (Wildman–Crippen LogP) is 3.65. The summed E-state index contributed by atoms with van der Waals surface area (Å²) in [6.45, 7) is 14.2. The Morgan fingerprint density at radius 3 is 2.48 bits per heavy atom. The van der Waals surface area contributed by atoms with Gasteiger partial charge in [-0.05, 0) is 44.4 Å². The monoisotopic (exact) mass is 307 g/mol. The highest BCUT2D eigenvalue weighted by molar-refractivity contribution is 7.99. The summed E-state index contributed by atoms with van der Waals surface area (Å²) < 4.78 is 0. The highest BCUT2D eigenvalue weighted by Gasteiger charge is 2.16. The van der Waals surface area contributed by atoms with Crippen molar-refractivity contribution in [3.05, 3.63) is 23.4 Å². The van der Waals surface area contributed by atoms with E-state index in [1.165, 1.54) is 22.8 Å². The van der Waals surface area contributed by atoms with Gasteiger partial charge in [0.1, 0.15) is 5.82 Å². The second kappa shape index (κ2) is 7.01.